The maximum Gasteiger partial charge on any atom is 0.236 e. The van der Waals surface area contributed by atoms with E-state index in [1.807, 2.05) is 11.8 Å². The summed E-state index contributed by atoms with van der Waals surface area (Å²) in [7, 11) is 0. The molecule has 3 rings (SSSR count). The molecular formula is C18H25N2S+. The van der Waals surface area contributed by atoms with Crippen LogP contribution >= 0.6 is 11.8 Å². The number of hydrogen-bond acceptors (Lipinski definition) is 2. The number of allylic oxidation sites excluding steroid dienone is 1. The molecule has 21 heavy (non-hydrogen) atoms. The number of fused-ring (bicyclic) bond motifs is 1. The summed E-state index contributed by atoms with van der Waals surface area (Å²) in [5, 5.41) is 1.44. The van der Waals surface area contributed by atoms with E-state index in [1.54, 1.807) is 0 Å². The van der Waals surface area contributed by atoms with E-state index in [4.69, 9.17) is 0 Å². The van der Waals surface area contributed by atoms with E-state index in [1.165, 1.54) is 34.3 Å². The van der Waals surface area contributed by atoms with Gasteiger partial charge in [-0.3, -0.25) is 0 Å². The lowest BCUT2D eigenvalue weighted by atomic mass is 9.84. The zero-order valence-electron chi connectivity index (χ0n) is 13.5. The third kappa shape index (κ3) is 2.32. The van der Waals surface area contributed by atoms with Crippen LogP contribution in [0, 0.1) is 0 Å². The molecule has 0 saturated heterocycles. The number of thioether (sulfide) groups is 1. The molecule has 0 atom stereocenters. The van der Waals surface area contributed by atoms with Gasteiger partial charge in [0.05, 0.1) is 5.75 Å². The third-order valence-corrected chi connectivity index (χ3v) is 5.74. The number of hydrogen-bond donors (Lipinski definition) is 0. The molecule has 2 nitrogen and oxygen atoms in total. The highest BCUT2D eigenvalue weighted by molar-refractivity contribution is 8.14. The van der Waals surface area contributed by atoms with Crippen LogP contribution < -0.4 is 4.90 Å². The second kappa shape index (κ2) is 5.53. The van der Waals surface area contributed by atoms with E-state index in [2.05, 4.69) is 67.5 Å². The molecule has 3 heteroatoms. The fourth-order valence-corrected chi connectivity index (χ4v) is 4.59. The Bertz CT molecular complexity index is 613. The summed E-state index contributed by atoms with van der Waals surface area (Å²) in [4.78, 5) is 2.48. The molecule has 0 N–H and O–H groups in total. The standard InChI is InChI=1S/C18H25N2S/c1-5-19-11-12-21-17(19)13-16-18(3,4)14-9-7-8-10-15(14)20(16)6-2/h7-10,13H,5-6,11-12H2,1-4H3/q+1. The van der Waals surface area contributed by atoms with E-state index in [0.29, 0.717) is 0 Å². The summed E-state index contributed by atoms with van der Waals surface area (Å²) >= 11 is 1.99. The summed E-state index contributed by atoms with van der Waals surface area (Å²) in [5.41, 5.74) is 4.35. The van der Waals surface area contributed by atoms with Gasteiger partial charge in [-0.1, -0.05) is 43.8 Å². The molecule has 0 unspecified atom stereocenters. The van der Waals surface area contributed by atoms with Crippen molar-refractivity contribution in [3.63, 3.8) is 0 Å². The zero-order valence-corrected chi connectivity index (χ0v) is 14.3. The maximum atomic E-state index is 2.49. The number of rotatable bonds is 3. The van der Waals surface area contributed by atoms with Crippen LogP contribution in [0.3, 0.4) is 0 Å². The Morgan fingerprint density at radius 2 is 2.05 bits per heavy atom. The summed E-state index contributed by atoms with van der Waals surface area (Å²) in [6.07, 6.45) is 2.44. The molecule has 0 fully saturated rings. The summed E-state index contributed by atoms with van der Waals surface area (Å²) < 4.78 is 2.49. The van der Waals surface area contributed by atoms with E-state index in [9.17, 15) is 0 Å². The number of benzene rings is 1. The van der Waals surface area contributed by atoms with Crippen LogP contribution in [0.15, 0.2) is 36.0 Å². The van der Waals surface area contributed by atoms with Crippen LogP contribution in [0.4, 0.5) is 5.69 Å². The molecule has 0 spiro atoms. The normalized spacial score (nSPS) is 22.3. The molecule has 2 aliphatic heterocycles. The van der Waals surface area contributed by atoms with Crippen molar-refractivity contribution in [2.45, 2.75) is 33.1 Å². The molecule has 1 aromatic rings. The van der Waals surface area contributed by atoms with E-state index >= 15 is 0 Å². The van der Waals surface area contributed by atoms with Crippen molar-refractivity contribution in [1.29, 1.82) is 0 Å². The Balaban J connectivity index is 2.11. The van der Waals surface area contributed by atoms with Crippen molar-refractivity contribution in [3.8, 4) is 0 Å². The first kappa shape index (κ1) is 14.7. The smallest absolute Gasteiger partial charge is 0.236 e. The average Bonchev–Trinajstić information content (AvgIpc) is 3.02. The van der Waals surface area contributed by atoms with E-state index < -0.39 is 0 Å². The van der Waals surface area contributed by atoms with Crippen LogP contribution in [0.25, 0.3) is 0 Å². The second-order valence-corrected chi connectivity index (χ2v) is 7.30. The molecule has 2 aliphatic rings. The Morgan fingerprint density at radius 3 is 2.76 bits per heavy atom. The molecule has 0 radical (unpaired) electrons. The number of anilines is 1. The van der Waals surface area contributed by atoms with Crippen LogP contribution in [0.1, 0.15) is 33.3 Å². The highest BCUT2D eigenvalue weighted by atomic mass is 32.2. The van der Waals surface area contributed by atoms with Crippen molar-refractivity contribution in [2.75, 3.05) is 30.3 Å². The van der Waals surface area contributed by atoms with Gasteiger partial charge in [-0.2, -0.15) is 0 Å². The van der Waals surface area contributed by atoms with Gasteiger partial charge in [0.2, 0.25) is 5.04 Å². The van der Waals surface area contributed by atoms with Crippen molar-refractivity contribution in [3.05, 3.63) is 41.6 Å². The third-order valence-electron chi connectivity index (χ3n) is 4.68. The van der Waals surface area contributed by atoms with Crippen LogP contribution in [0.2, 0.25) is 0 Å². The Morgan fingerprint density at radius 1 is 1.29 bits per heavy atom. The van der Waals surface area contributed by atoms with Gasteiger partial charge in [-0.15, -0.1) is 0 Å². The lowest BCUT2D eigenvalue weighted by Crippen LogP contribution is -2.27. The SMILES string of the molecule is CCN1C(=CC2=[N+](CC)CCS2)C(C)(C)c2ccccc21. The Hall–Kier alpha value is -1.22. The average molecular weight is 301 g/mol. The van der Waals surface area contributed by atoms with Crippen molar-refractivity contribution < 1.29 is 4.58 Å². The molecule has 0 aromatic heterocycles. The first-order chi connectivity index (χ1) is 10.1. The van der Waals surface area contributed by atoms with Gasteiger partial charge < -0.3 is 4.90 Å². The first-order valence-electron chi connectivity index (χ1n) is 7.93. The van der Waals surface area contributed by atoms with Gasteiger partial charge in [0.15, 0.2) is 6.54 Å². The molecule has 0 amide bonds. The van der Waals surface area contributed by atoms with E-state index in [0.717, 1.165) is 13.1 Å². The highest BCUT2D eigenvalue weighted by Crippen LogP contribution is 2.47. The minimum absolute atomic E-state index is 0.0855. The number of nitrogens with zero attached hydrogens (tertiary/aromatic N) is 2. The minimum atomic E-state index is 0.0855. The summed E-state index contributed by atoms with van der Waals surface area (Å²) in [6.45, 7) is 12.5. The summed E-state index contributed by atoms with van der Waals surface area (Å²) in [5.74, 6) is 1.21. The van der Waals surface area contributed by atoms with Gasteiger partial charge in [-0.25, -0.2) is 4.58 Å². The van der Waals surface area contributed by atoms with Gasteiger partial charge in [0.1, 0.15) is 6.54 Å². The Kier molecular flexibility index (Phi) is 3.87. The van der Waals surface area contributed by atoms with E-state index in [-0.39, 0.29) is 5.41 Å². The monoisotopic (exact) mass is 301 g/mol. The molecule has 112 valence electrons. The maximum absolute atomic E-state index is 2.49. The largest absolute Gasteiger partial charge is 0.344 e. The Labute approximate surface area is 132 Å². The van der Waals surface area contributed by atoms with Crippen LogP contribution in [0.5, 0.6) is 0 Å². The zero-order chi connectivity index (χ0) is 15.0. The predicted molar refractivity (Wildman–Crippen MR) is 93.7 cm³/mol. The minimum Gasteiger partial charge on any atom is -0.344 e. The highest BCUT2D eigenvalue weighted by Gasteiger charge is 2.40. The van der Waals surface area contributed by atoms with Gasteiger partial charge in [-0.05, 0) is 25.5 Å². The topological polar surface area (TPSA) is 6.25 Å². The number of para-hydroxylation sites is 1. The quantitative estimate of drug-likeness (QED) is 0.782. The van der Waals surface area contributed by atoms with Gasteiger partial charge in [0, 0.05) is 29.4 Å². The summed E-state index contributed by atoms with van der Waals surface area (Å²) in [6, 6.07) is 8.85. The van der Waals surface area contributed by atoms with Crippen molar-refractivity contribution in [2.24, 2.45) is 0 Å². The first-order valence-corrected chi connectivity index (χ1v) is 8.92. The molecule has 0 saturated carbocycles. The van der Waals surface area contributed by atoms with Crippen LogP contribution in [-0.4, -0.2) is 35.0 Å². The van der Waals surface area contributed by atoms with Crippen molar-refractivity contribution in [1.82, 2.24) is 0 Å². The van der Waals surface area contributed by atoms with Crippen molar-refractivity contribution >= 4 is 22.5 Å². The molecule has 0 aliphatic carbocycles. The van der Waals surface area contributed by atoms with Crippen LogP contribution in [-0.2, 0) is 5.41 Å². The predicted octanol–water partition coefficient (Wildman–Crippen LogP) is 3.87. The van der Waals surface area contributed by atoms with Gasteiger partial charge >= 0.3 is 0 Å². The number of likely N-dealkylation sites (N-methyl/N-ethyl adjacent to an activating group) is 1. The molecule has 0 bridgehead atoms. The lowest BCUT2D eigenvalue weighted by Gasteiger charge is -2.25. The lowest BCUT2D eigenvalue weighted by molar-refractivity contribution is -0.513. The molecule has 1 aromatic carbocycles. The molecular weight excluding hydrogens is 276 g/mol. The fourth-order valence-electron chi connectivity index (χ4n) is 3.47. The molecule has 2 heterocycles. The van der Waals surface area contributed by atoms with Gasteiger partial charge in [0.25, 0.3) is 0 Å². The fraction of sp³-hybridized carbons (Fsp3) is 0.500. The second-order valence-electron chi connectivity index (χ2n) is 6.18.